The number of nitrogens with zero attached hydrogens (tertiary/aromatic N) is 1. The fraction of sp³-hybridized carbons (Fsp3) is 1.00. The molecule has 0 fully saturated rings. The lowest BCUT2D eigenvalue weighted by atomic mass is 11.2. The largest absolute Gasteiger partial charge is 0.302 e. The minimum absolute atomic E-state index is 0. The molecule has 0 aliphatic carbocycles. The average molecular weight is 113 g/mol. The Morgan fingerprint density at radius 2 is 1.67 bits per heavy atom. The van der Waals surface area contributed by atoms with Crippen molar-refractivity contribution >= 4 is 12.4 Å². The van der Waals surface area contributed by atoms with Gasteiger partial charge in [0.1, 0.15) is 0 Å². The van der Waals surface area contributed by atoms with E-state index in [1.54, 1.807) is 14.1 Å². The summed E-state index contributed by atoms with van der Waals surface area (Å²) in [6.45, 7) is 0. The van der Waals surface area contributed by atoms with Crippen LogP contribution in [0.15, 0.2) is 0 Å². The second kappa shape index (κ2) is 5.17. The summed E-state index contributed by atoms with van der Waals surface area (Å²) in [6, 6.07) is 0. The zero-order valence-electron chi connectivity index (χ0n) is 3.80. The topological polar surface area (TPSA) is 35.5 Å². The molecule has 0 heterocycles. The van der Waals surface area contributed by atoms with Gasteiger partial charge in [0.05, 0.1) is 0 Å². The smallest absolute Gasteiger partial charge is 0.00348 e. The maximum Gasteiger partial charge on any atom is 0.00348 e. The molecule has 0 amide bonds. The van der Waals surface area contributed by atoms with Gasteiger partial charge < -0.3 is 5.21 Å². The predicted octanol–water partition coefficient (Wildman–Crippen LogP) is -0.136. The highest BCUT2D eigenvalue weighted by atomic mass is 35.5. The van der Waals surface area contributed by atoms with Crippen LogP contribution in [-0.4, -0.2) is 24.3 Å². The molecule has 6 heavy (non-hydrogen) atoms. The molecule has 0 saturated carbocycles. The van der Waals surface area contributed by atoms with Crippen LogP contribution in [0.2, 0.25) is 0 Å². The number of halogens is 1. The van der Waals surface area contributed by atoms with Gasteiger partial charge in [-0.25, -0.2) is 5.01 Å². The molecule has 0 aliphatic heterocycles. The molecule has 3 nitrogen and oxygen atoms in total. The van der Waals surface area contributed by atoms with Crippen LogP contribution in [0, 0.1) is 0 Å². The van der Waals surface area contributed by atoms with E-state index in [4.69, 9.17) is 5.21 Å². The van der Waals surface area contributed by atoms with Crippen molar-refractivity contribution in [2.45, 2.75) is 0 Å². The summed E-state index contributed by atoms with van der Waals surface area (Å²) in [5.74, 6) is 0. The molecule has 0 aromatic carbocycles. The molecule has 0 aromatic heterocycles. The lowest BCUT2D eigenvalue weighted by Gasteiger charge is -2.00. The van der Waals surface area contributed by atoms with E-state index in [0.29, 0.717) is 0 Å². The van der Waals surface area contributed by atoms with E-state index >= 15 is 0 Å². The molecule has 40 valence electrons. The third-order valence-electron chi connectivity index (χ3n) is 0.200. The molecule has 0 aromatic rings. The Balaban J connectivity index is 0. The van der Waals surface area contributed by atoms with E-state index in [9.17, 15) is 0 Å². The normalized spacial score (nSPS) is 8.00. The Labute approximate surface area is 43.3 Å². The van der Waals surface area contributed by atoms with Crippen molar-refractivity contribution < 1.29 is 5.21 Å². The number of hydrazine groups is 1. The Morgan fingerprint density at radius 3 is 1.67 bits per heavy atom. The first-order chi connectivity index (χ1) is 2.27. The highest BCUT2D eigenvalue weighted by molar-refractivity contribution is 5.85. The van der Waals surface area contributed by atoms with E-state index < -0.39 is 0 Å². The predicted molar refractivity (Wildman–Crippen MR) is 25.9 cm³/mol. The van der Waals surface area contributed by atoms with E-state index in [-0.39, 0.29) is 12.4 Å². The van der Waals surface area contributed by atoms with Crippen molar-refractivity contribution in [3.8, 4) is 0 Å². The number of hydrogen-bond donors (Lipinski definition) is 2. The van der Waals surface area contributed by atoms with Gasteiger partial charge in [-0.05, 0) is 0 Å². The van der Waals surface area contributed by atoms with Gasteiger partial charge in [-0.3, -0.25) is 0 Å². The van der Waals surface area contributed by atoms with Crippen molar-refractivity contribution in [2.24, 2.45) is 0 Å². The number of rotatable bonds is 1. The van der Waals surface area contributed by atoms with E-state index in [2.05, 4.69) is 0 Å². The highest BCUT2D eigenvalue weighted by Gasteiger charge is 1.70. The first-order valence-corrected chi connectivity index (χ1v) is 1.34. The van der Waals surface area contributed by atoms with Crippen LogP contribution in [-0.2, 0) is 0 Å². The Hall–Kier alpha value is 0.170. The molecular formula is C2H9ClN2O. The highest BCUT2D eigenvalue weighted by Crippen LogP contribution is 1.48. The summed E-state index contributed by atoms with van der Waals surface area (Å²) in [5, 5.41) is 9.25. The van der Waals surface area contributed by atoms with Crippen LogP contribution in [0.4, 0.5) is 0 Å². The summed E-state index contributed by atoms with van der Waals surface area (Å²) in [5.41, 5.74) is 1.86. The molecular weight excluding hydrogens is 103 g/mol. The van der Waals surface area contributed by atoms with Crippen molar-refractivity contribution in [2.75, 3.05) is 14.1 Å². The maximum absolute atomic E-state index is 7.82. The summed E-state index contributed by atoms with van der Waals surface area (Å²) in [7, 11) is 3.39. The Bertz CT molecular complexity index is 25.5. The SMILES string of the molecule is CN(C)NO.Cl. The lowest BCUT2D eigenvalue weighted by molar-refractivity contribution is 0.0176. The molecule has 0 spiro atoms. The number of hydrogen-bond acceptors (Lipinski definition) is 3. The molecule has 0 atom stereocenters. The second-order valence-corrected chi connectivity index (χ2v) is 0.994. The standard InChI is InChI=1S/C2H8N2O.ClH/c1-4(2)3-5;/h3,5H,1-2H3;1H. The van der Waals surface area contributed by atoms with Crippen LogP contribution < -0.4 is 5.59 Å². The van der Waals surface area contributed by atoms with Crippen molar-refractivity contribution in [1.29, 1.82) is 0 Å². The van der Waals surface area contributed by atoms with Crippen LogP contribution >= 0.6 is 12.4 Å². The zero-order chi connectivity index (χ0) is 4.28. The summed E-state index contributed by atoms with van der Waals surface area (Å²) in [6.07, 6.45) is 0. The number of nitrogens with one attached hydrogen (secondary N) is 1. The maximum atomic E-state index is 7.82. The van der Waals surface area contributed by atoms with Crippen molar-refractivity contribution in [3.05, 3.63) is 0 Å². The molecule has 0 bridgehead atoms. The van der Waals surface area contributed by atoms with Gasteiger partial charge in [0.25, 0.3) is 0 Å². The third kappa shape index (κ3) is 8.90. The first-order valence-electron chi connectivity index (χ1n) is 1.34. The van der Waals surface area contributed by atoms with Gasteiger partial charge in [0.15, 0.2) is 0 Å². The summed E-state index contributed by atoms with van der Waals surface area (Å²) in [4.78, 5) is 0. The third-order valence-corrected chi connectivity index (χ3v) is 0.200. The van der Waals surface area contributed by atoms with E-state index in [0.717, 1.165) is 0 Å². The lowest BCUT2D eigenvalue weighted by Crippen LogP contribution is -2.26. The monoisotopic (exact) mass is 112 g/mol. The van der Waals surface area contributed by atoms with Gasteiger partial charge in [0, 0.05) is 14.1 Å². The summed E-state index contributed by atoms with van der Waals surface area (Å²) >= 11 is 0. The minimum atomic E-state index is 0. The molecule has 2 N–H and O–H groups in total. The van der Waals surface area contributed by atoms with Gasteiger partial charge in [0.2, 0.25) is 0 Å². The van der Waals surface area contributed by atoms with Gasteiger partial charge in [-0.1, -0.05) is 0 Å². The Morgan fingerprint density at radius 1 is 1.50 bits per heavy atom. The van der Waals surface area contributed by atoms with Crippen molar-refractivity contribution in [3.63, 3.8) is 0 Å². The van der Waals surface area contributed by atoms with Crippen LogP contribution in [0.5, 0.6) is 0 Å². The van der Waals surface area contributed by atoms with Gasteiger partial charge in [-0.15, -0.1) is 18.0 Å². The zero-order valence-corrected chi connectivity index (χ0v) is 4.62. The minimum Gasteiger partial charge on any atom is -0.302 e. The molecule has 0 rings (SSSR count). The first kappa shape index (κ1) is 9.48. The van der Waals surface area contributed by atoms with Gasteiger partial charge >= 0.3 is 0 Å². The molecule has 0 saturated heterocycles. The van der Waals surface area contributed by atoms with Crippen LogP contribution in [0.3, 0.4) is 0 Å². The van der Waals surface area contributed by atoms with Gasteiger partial charge in [-0.2, -0.15) is 0 Å². The van der Waals surface area contributed by atoms with Crippen LogP contribution in [0.1, 0.15) is 0 Å². The summed E-state index contributed by atoms with van der Waals surface area (Å²) < 4.78 is 0. The molecule has 0 unspecified atom stereocenters. The Kier molecular flexibility index (Phi) is 8.17. The molecule has 0 radical (unpaired) electrons. The average Bonchev–Trinajstić information content (AvgIpc) is 1.38. The quantitative estimate of drug-likeness (QED) is 0.464. The second-order valence-electron chi connectivity index (χ2n) is 0.994. The van der Waals surface area contributed by atoms with Crippen LogP contribution in [0.25, 0.3) is 0 Å². The molecule has 4 heteroatoms. The fourth-order valence-corrected chi connectivity index (χ4v) is 0. The molecule has 0 aliphatic rings. The van der Waals surface area contributed by atoms with E-state index in [1.165, 1.54) is 5.01 Å². The fourth-order valence-electron chi connectivity index (χ4n) is 0. The van der Waals surface area contributed by atoms with E-state index in [1.807, 2.05) is 5.59 Å². The van der Waals surface area contributed by atoms with Crippen molar-refractivity contribution in [1.82, 2.24) is 10.6 Å².